The highest BCUT2D eigenvalue weighted by atomic mass is 79.9. The number of nitrogens with zero attached hydrogens (tertiary/aromatic N) is 1. The lowest BCUT2D eigenvalue weighted by molar-refractivity contribution is 0.0942. The van der Waals surface area contributed by atoms with Crippen LogP contribution in [0.15, 0.2) is 46.3 Å². The van der Waals surface area contributed by atoms with Crippen LogP contribution >= 0.6 is 27.3 Å². The van der Waals surface area contributed by atoms with Gasteiger partial charge in [-0.05, 0) is 43.7 Å². The Kier molecular flexibility index (Phi) is 5.34. The molecule has 0 bridgehead atoms. The first kappa shape index (κ1) is 15.2. The number of benzene rings is 1. The van der Waals surface area contributed by atoms with Crippen LogP contribution in [0.3, 0.4) is 0 Å². The minimum absolute atomic E-state index is 0.0466. The van der Waals surface area contributed by atoms with Crippen LogP contribution < -0.4 is 5.32 Å². The Morgan fingerprint density at radius 2 is 2.15 bits per heavy atom. The highest BCUT2D eigenvalue weighted by molar-refractivity contribution is 9.10. The van der Waals surface area contributed by atoms with Gasteiger partial charge < -0.3 is 10.2 Å². The lowest BCUT2D eigenvalue weighted by Crippen LogP contribution is -2.34. The van der Waals surface area contributed by atoms with Crippen molar-refractivity contribution in [3.05, 3.63) is 56.7 Å². The summed E-state index contributed by atoms with van der Waals surface area (Å²) < 4.78 is 0.910. The SMILES string of the molecule is CN(C)[C@@H](CNC(=O)c1cccc(Br)c1)c1cccs1. The molecule has 0 saturated carbocycles. The number of amides is 1. The molecule has 1 heterocycles. The van der Waals surface area contributed by atoms with Crippen molar-refractivity contribution in [2.24, 2.45) is 0 Å². The predicted molar refractivity (Wildman–Crippen MR) is 87.2 cm³/mol. The lowest BCUT2D eigenvalue weighted by atomic mass is 10.2. The summed E-state index contributed by atoms with van der Waals surface area (Å²) in [6, 6.07) is 11.7. The Bertz CT molecular complexity index is 569. The van der Waals surface area contributed by atoms with Crippen molar-refractivity contribution in [3.63, 3.8) is 0 Å². The third-order valence-electron chi connectivity index (χ3n) is 3.04. The summed E-state index contributed by atoms with van der Waals surface area (Å²) in [4.78, 5) is 15.5. The van der Waals surface area contributed by atoms with E-state index in [4.69, 9.17) is 0 Å². The number of thiophene rings is 1. The van der Waals surface area contributed by atoms with Crippen molar-refractivity contribution in [1.82, 2.24) is 10.2 Å². The fourth-order valence-corrected chi connectivity index (χ4v) is 3.26. The van der Waals surface area contributed by atoms with Crippen LogP contribution in [0.2, 0.25) is 0 Å². The van der Waals surface area contributed by atoms with E-state index in [9.17, 15) is 4.79 Å². The summed E-state index contributed by atoms with van der Waals surface area (Å²) in [6.45, 7) is 0.596. The molecule has 1 aromatic heterocycles. The largest absolute Gasteiger partial charge is 0.350 e. The summed E-state index contributed by atoms with van der Waals surface area (Å²) in [5.74, 6) is -0.0466. The lowest BCUT2D eigenvalue weighted by Gasteiger charge is -2.23. The first-order valence-corrected chi connectivity index (χ1v) is 7.99. The predicted octanol–water partition coefficient (Wildman–Crippen LogP) is 3.54. The van der Waals surface area contributed by atoms with E-state index in [2.05, 4.69) is 37.6 Å². The van der Waals surface area contributed by atoms with E-state index >= 15 is 0 Å². The van der Waals surface area contributed by atoms with Crippen LogP contribution in [0.4, 0.5) is 0 Å². The number of halogens is 1. The molecule has 1 atom stereocenters. The molecule has 0 unspecified atom stereocenters. The molecule has 20 heavy (non-hydrogen) atoms. The van der Waals surface area contributed by atoms with E-state index in [1.807, 2.05) is 44.4 Å². The second kappa shape index (κ2) is 7.02. The maximum absolute atomic E-state index is 12.1. The Labute approximate surface area is 131 Å². The van der Waals surface area contributed by atoms with Crippen LogP contribution in [-0.4, -0.2) is 31.4 Å². The van der Waals surface area contributed by atoms with Gasteiger partial charge in [0.25, 0.3) is 5.91 Å². The van der Waals surface area contributed by atoms with Crippen molar-refractivity contribution in [2.75, 3.05) is 20.6 Å². The van der Waals surface area contributed by atoms with Crippen LogP contribution in [0.5, 0.6) is 0 Å². The normalized spacial score (nSPS) is 12.4. The minimum atomic E-state index is -0.0466. The van der Waals surface area contributed by atoms with Crippen LogP contribution in [0, 0.1) is 0 Å². The Morgan fingerprint density at radius 1 is 1.35 bits per heavy atom. The highest BCUT2D eigenvalue weighted by Gasteiger charge is 2.16. The maximum Gasteiger partial charge on any atom is 0.251 e. The molecular formula is C15H17BrN2OS. The molecule has 0 spiro atoms. The van der Waals surface area contributed by atoms with Crippen molar-refractivity contribution in [1.29, 1.82) is 0 Å². The van der Waals surface area contributed by atoms with Crippen molar-refractivity contribution < 1.29 is 4.79 Å². The molecule has 0 aliphatic heterocycles. The number of carbonyl (C=O) groups is 1. The number of likely N-dealkylation sites (N-methyl/N-ethyl adjacent to an activating group) is 1. The van der Waals surface area contributed by atoms with Crippen LogP contribution in [-0.2, 0) is 0 Å². The molecular weight excluding hydrogens is 336 g/mol. The van der Waals surface area contributed by atoms with E-state index in [1.54, 1.807) is 11.3 Å². The number of carbonyl (C=O) groups excluding carboxylic acids is 1. The summed E-state index contributed by atoms with van der Waals surface area (Å²) in [6.07, 6.45) is 0. The highest BCUT2D eigenvalue weighted by Crippen LogP contribution is 2.22. The van der Waals surface area contributed by atoms with E-state index in [-0.39, 0.29) is 11.9 Å². The fourth-order valence-electron chi connectivity index (χ4n) is 1.94. The van der Waals surface area contributed by atoms with Crippen molar-refractivity contribution in [2.45, 2.75) is 6.04 Å². The van der Waals surface area contributed by atoms with Gasteiger partial charge in [-0.3, -0.25) is 4.79 Å². The van der Waals surface area contributed by atoms with Gasteiger partial charge in [0.05, 0.1) is 6.04 Å². The maximum atomic E-state index is 12.1. The zero-order chi connectivity index (χ0) is 14.5. The molecule has 106 valence electrons. The average Bonchev–Trinajstić information content (AvgIpc) is 2.92. The second-order valence-electron chi connectivity index (χ2n) is 4.72. The van der Waals surface area contributed by atoms with Gasteiger partial charge in [0.1, 0.15) is 0 Å². The summed E-state index contributed by atoms with van der Waals surface area (Å²) in [5, 5.41) is 5.06. The number of rotatable bonds is 5. The quantitative estimate of drug-likeness (QED) is 0.892. The standard InChI is InChI=1S/C15H17BrN2OS/c1-18(2)13(14-7-4-8-20-14)10-17-15(19)11-5-3-6-12(16)9-11/h3-9,13H,10H2,1-2H3,(H,17,19)/t13-/m0/s1. The monoisotopic (exact) mass is 352 g/mol. The molecule has 0 saturated heterocycles. The zero-order valence-electron chi connectivity index (χ0n) is 11.5. The molecule has 2 aromatic rings. The molecule has 3 nitrogen and oxygen atoms in total. The Balaban J connectivity index is 2.01. The fraction of sp³-hybridized carbons (Fsp3) is 0.267. The third-order valence-corrected chi connectivity index (χ3v) is 4.50. The molecule has 5 heteroatoms. The Hall–Kier alpha value is -1.17. The average molecular weight is 353 g/mol. The Morgan fingerprint density at radius 3 is 2.75 bits per heavy atom. The molecule has 0 radical (unpaired) electrons. The van der Waals surface area contributed by atoms with Gasteiger partial charge in [-0.15, -0.1) is 11.3 Å². The van der Waals surface area contributed by atoms with Gasteiger partial charge in [-0.25, -0.2) is 0 Å². The van der Waals surface area contributed by atoms with Gasteiger partial charge in [0.15, 0.2) is 0 Å². The van der Waals surface area contributed by atoms with Gasteiger partial charge in [0.2, 0.25) is 0 Å². The molecule has 0 aliphatic carbocycles. The molecule has 0 aliphatic rings. The number of nitrogens with one attached hydrogen (secondary N) is 1. The van der Waals surface area contributed by atoms with E-state index < -0.39 is 0 Å². The van der Waals surface area contributed by atoms with Gasteiger partial charge in [0, 0.05) is 21.5 Å². The van der Waals surface area contributed by atoms with E-state index in [0.717, 1.165) is 4.47 Å². The number of hydrogen-bond donors (Lipinski definition) is 1. The first-order valence-electron chi connectivity index (χ1n) is 6.31. The molecule has 1 N–H and O–H groups in total. The van der Waals surface area contributed by atoms with Crippen molar-refractivity contribution >= 4 is 33.2 Å². The minimum Gasteiger partial charge on any atom is -0.350 e. The van der Waals surface area contributed by atoms with E-state index in [0.29, 0.717) is 12.1 Å². The van der Waals surface area contributed by atoms with E-state index in [1.165, 1.54) is 4.88 Å². The van der Waals surface area contributed by atoms with Gasteiger partial charge in [-0.1, -0.05) is 28.1 Å². The van der Waals surface area contributed by atoms with Gasteiger partial charge >= 0.3 is 0 Å². The molecule has 1 amide bonds. The molecule has 1 aromatic carbocycles. The van der Waals surface area contributed by atoms with Crippen LogP contribution in [0.25, 0.3) is 0 Å². The first-order chi connectivity index (χ1) is 9.58. The smallest absolute Gasteiger partial charge is 0.251 e. The molecule has 2 rings (SSSR count). The second-order valence-corrected chi connectivity index (χ2v) is 6.61. The zero-order valence-corrected chi connectivity index (χ0v) is 13.9. The summed E-state index contributed by atoms with van der Waals surface area (Å²) in [7, 11) is 4.05. The van der Waals surface area contributed by atoms with Gasteiger partial charge in [-0.2, -0.15) is 0 Å². The molecule has 0 fully saturated rings. The number of hydrogen-bond acceptors (Lipinski definition) is 3. The topological polar surface area (TPSA) is 32.3 Å². The third kappa shape index (κ3) is 3.91. The summed E-state index contributed by atoms with van der Waals surface area (Å²) in [5.41, 5.74) is 0.670. The van der Waals surface area contributed by atoms with Crippen LogP contribution in [0.1, 0.15) is 21.3 Å². The van der Waals surface area contributed by atoms with Crippen molar-refractivity contribution in [3.8, 4) is 0 Å². The summed E-state index contributed by atoms with van der Waals surface area (Å²) >= 11 is 5.09.